The Hall–Kier alpha value is -2.51. The first-order valence-electron chi connectivity index (χ1n) is 8.45. The molecule has 8 nitrogen and oxygen atoms in total. The maximum absolute atomic E-state index is 4.44. The van der Waals surface area contributed by atoms with Crippen molar-refractivity contribution < 1.29 is 0 Å². The van der Waals surface area contributed by atoms with Gasteiger partial charge in [-0.25, -0.2) is 4.98 Å². The fourth-order valence-electron chi connectivity index (χ4n) is 3.48. The van der Waals surface area contributed by atoms with Crippen molar-refractivity contribution in [3.8, 4) is 0 Å². The lowest BCUT2D eigenvalue weighted by atomic mass is 10.2. The van der Waals surface area contributed by atoms with E-state index in [1.165, 1.54) is 0 Å². The monoisotopic (exact) mass is 326 g/mol. The van der Waals surface area contributed by atoms with Gasteiger partial charge < -0.3 is 9.47 Å². The van der Waals surface area contributed by atoms with Gasteiger partial charge in [-0.2, -0.15) is 14.6 Å². The summed E-state index contributed by atoms with van der Waals surface area (Å²) in [5.41, 5.74) is 0.944. The van der Waals surface area contributed by atoms with E-state index < -0.39 is 0 Å². The van der Waals surface area contributed by atoms with Crippen LogP contribution in [-0.4, -0.2) is 40.9 Å². The van der Waals surface area contributed by atoms with Gasteiger partial charge in [-0.05, 0) is 25.7 Å². The van der Waals surface area contributed by atoms with E-state index in [-0.39, 0.29) is 6.04 Å². The molecule has 0 bridgehead atoms. The lowest BCUT2D eigenvalue weighted by Crippen LogP contribution is -2.28. The molecule has 0 radical (unpaired) electrons. The molecule has 8 heteroatoms. The molecule has 4 rings (SSSR count). The quantitative estimate of drug-likeness (QED) is 0.730. The Balaban J connectivity index is 1.75. The minimum Gasteiger partial charge on any atom is -0.346 e. The third-order valence-corrected chi connectivity index (χ3v) is 4.41. The molecule has 4 heterocycles. The Morgan fingerprint density at radius 2 is 2.21 bits per heavy atom. The fourth-order valence-corrected chi connectivity index (χ4v) is 3.48. The summed E-state index contributed by atoms with van der Waals surface area (Å²) in [5.74, 6) is 3.25. The molecule has 3 aromatic heterocycles. The molecule has 1 saturated heterocycles. The molecule has 0 N–H and O–H groups in total. The molecule has 126 valence electrons. The number of aryl methyl sites for hydroxylation is 1. The number of rotatable bonds is 4. The van der Waals surface area contributed by atoms with Gasteiger partial charge in [0, 0.05) is 24.8 Å². The first-order chi connectivity index (χ1) is 11.6. The molecule has 0 amide bonds. The summed E-state index contributed by atoms with van der Waals surface area (Å²) in [6, 6.07) is 2.28. The van der Waals surface area contributed by atoms with Gasteiger partial charge in [0.2, 0.25) is 0 Å². The zero-order valence-electron chi connectivity index (χ0n) is 14.3. The second-order valence-corrected chi connectivity index (χ2v) is 6.81. The topological polar surface area (TPSA) is 77.0 Å². The zero-order chi connectivity index (χ0) is 16.7. The highest BCUT2D eigenvalue weighted by molar-refractivity contribution is 5.49. The van der Waals surface area contributed by atoms with E-state index in [4.69, 9.17) is 0 Å². The van der Waals surface area contributed by atoms with Crippen LogP contribution >= 0.6 is 0 Å². The number of fused-ring (bicyclic) bond motifs is 1. The molecule has 0 aromatic carbocycles. The molecular weight excluding hydrogens is 304 g/mol. The van der Waals surface area contributed by atoms with E-state index >= 15 is 0 Å². The van der Waals surface area contributed by atoms with Crippen molar-refractivity contribution in [2.24, 2.45) is 5.92 Å². The van der Waals surface area contributed by atoms with Crippen LogP contribution in [0.2, 0.25) is 0 Å². The number of anilines is 1. The average molecular weight is 326 g/mol. The van der Waals surface area contributed by atoms with Crippen LogP contribution < -0.4 is 4.90 Å². The lowest BCUT2D eigenvalue weighted by molar-refractivity contribution is 0.487. The van der Waals surface area contributed by atoms with Gasteiger partial charge in [0.1, 0.15) is 18.5 Å². The number of nitrogens with zero attached hydrogens (tertiary/aromatic N) is 8. The van der Waals surface area contributed by atoms with Crippen LogP contribution in [0.1, 0.15) is 44.2 Å². The molecule has 24 heavy (non-hydrogen) atoms. The SMILES string of the molecule is Cc1cc(N2CCCC2c2nncn2CC(C)C)n2ncnc2n1. The highest BCUT2D eigenvalue weighted by Gasteiger charge is 2.32. The van der Waals surface area contributed by atoms with Crippen LogP contribution in [-0.2, 0) is 6.54 Å². The van der Waals surface area contributed by atoms with Crippen LogP contribution in [0.4, 0.5) is 5.82 Å². The van der Waals surface area contributed by atoms with Crippen molar-refractivity contribution >= 4 is 11.6 Å². The molecule has 1 fully saturated rings. The van der Waals surface area contributed by atoms with Crippen molar-refractivity contribution in [3.05, 3.63) is 30.2 Å². The van der Waals surface area contributed by atoms with Gasteiger partial charge in [-0.15, -0.1) is 10.2 Å². The number of aromatic nitrogens is 7. The Labute approximate surface area is 140 Å². The van der Waals surface area contributed by atoms with E-state index in [1.54, 1.807) is 6.33 Å². The summed E-state index contributed by atoms with van der Waals surface area (Å²) < 4.78 is 3.99. The molecule has 3 aromatic rings. The third kappa shape index (κ3) is 2.51. The van der Waals surface area contributed by atoms with Crippen LogP contribution in [0, 0.1) is 12.8 Å². The molecular formula is C16H22N8. The van der Waals surface area contributed by atoms with Gasteiger partial charge in [0.15, 0.2) is 5.82 Å². The number of hydrogen-bond acceptors (Lipinski definition) is 6. The van der Waals surface area contributed by atoms with Gasteiger partial charge >= 0.3 is 0 Å². The lowest BCUT2D eigenvalue weighted by Gasteiger charge is -2.27. The van der Waals surface area contributed by atoms with E-state index in [0.29, 0.717) is 11.7 Å². The molecule has 0 spiro atoms. The molecule has 1 aliphatic heterocycles. The highest BCUT2D eigenvalue weighted by Crippen LogP contribution is 2.35. The van der Waals surface area contributed by atoms with Crippen molar-refractivity contribution in [1.29, 1.82) is 0 Å². The van der Waals surface area contributed by atoms with Crippen molar-refractivity contribution in [3.63, 3.8) is 0 Å². The molecule has 0 aliphatic carbocycles. The summed E-state index contributed by atoms with van der Waals surface area (Å²) >= 11 is 0. The largest absolute Gasteiger partial charge is 0.346 e. The van der Waals surface area contributed by atoms with Gasteiger partial charge in [-0.3, -0.25) is 0 Å². The summed E-state index contributed by atoms with van der Waals surface area (Å²) in [4.78, 5) is 11.0. The van der Waals surface area contributed by atoms with Crippen molar-refractivity contribution in [1.82, 2.24) is 34.3 Å². The Kier molecular flexibility index (Phi) is 3.66. The first-order valence-corrected chi connectivity index (χ1v) is 8.45. The highest BCUT2D eigenvalue weighted by atomic mass is 15.4. The predicted molar refractivity (Wildman–Crippen MR) is 89.7 cm³/mol. The zero-order valence-corrected chi connectivity index (χ0v) is 14.3. The number of hydrogen-bond donors (Lipinski definition) is 0. The Morgan fingerprint density at radius 1 is 1.33 bits per heavy atom. The average Bonchev–Trinajstić information content (AvgIpc) is 3.24. The minimum atomic E-state index is 0.209. The molecule has 1 atom stereocenters. The summed E-state index contributed by atoms with van der Waals surface area (Å²) in [6.07, 6.45) is 5.58. The molecule has 0 saturated carbocycles. The normalized spacial score (nSPS) is 18.2. The van der Waals surface area contributed by atoms with Crippen LogP contribution in [0.3, 0.4) is 0 Å². The first kappa shape index (κ1) is 15.0. The van der Waals surface area contributed by atoms with E-state index in [0.717, 1.165) is 43.3 Å². The van der Waals surface area contributed by atoms with Gasteiger partial charge in [-0.1, -0.05) is 13.8 Å². The summed E-state index contributed by atoms with van der Waals surface area (Å²) in [5, 5.41) is 12.9. The van der Waals surface area contributed by atoms with Crippen molar-refractivity contribution in [2.75, 3.05) is 11.4 Å². The minimum absolute atomic E-state index is 0.209. The Bertz CT molecular complexity index is 849. The summed E-state index contributed by atoms with van der Waals surface area (Å²) in [7, 11) is 0. The smallest absolute Gasteiger partial charge is 0.254 e. The molecule has 1 unspecified atom stereocenters. The van der Waals surface area contributed by atoms with Gasteiger partial charge in [0.25, 0.3) is 5.78 Å². The maximum atomic E-state index is 4.44. The van der Waals surface area contributed by atoms with Crippen LogP contribution in [0.25, 0.3) is 5.78 Å². The third-order valence-electron chi connectivity index (χ3n) is 4.41. The predicted octanol–water partition coefficient (Wildman–Crippen LogP) is 2.02. The van der Waals surface area contributed by atoms with E-state index in [2.05, 4.69) is 54.6 Å². The maximum Gasteiger partial charge on any atom is 0.254 e. The van der Waals surface area contributed by atoms with E-state index in [9.17, 15) is 0 Å². The second-order valence-electron chi connectivity index (χ2n) is 6.81. The Morgan fingerprint density at radius 3 is 3.04 bits per heavy atom. The van der Waals surface area contributed by atoms with Crippen LogP contribution in [0.5, 0.6) is 0 Å². The molecule has 1 aliphatic rings. The second kappa shape index (κ2) is 5.85. The summed E-state index contributed by atoms with van der Waals surface area (Å²) in [6.45, 7) is 8.31. The van der Waals surface area contributed by atoms with Crippen molar-refractivity contribution in [2.45, 2.75) is 46.2 Å². The van der Waals surface area contributed by atoms with Crippen LogP contribution in [0.15, 0.2) is 18.7 Å². The van der Waals surface area contributed by atoms with E-state index in [1.807, 2.05) is 17.8 Å². The fraction of sp³-hybridized carbons (Fsp3) is 0.562. The van der Waals surface area contributed by atoms with Gasteiger partial charge in [0.05, 0.1) is 6.04 Å². The standard InChI is InChI=1S/C16H22N8/c1-11(2)8-22-10-18-21-15(22)13-5-4-6-23(13)14-7-12(3)20-16-17-9-19-24(14)16/h7,9-11,13H,4-6,8H2,1-3H3.